The Hall–Kier alpha value is -3.30. The molecule has 2 heterocycles. The van der Waals surface area contributed by atoms with Crippen molar-refractivity contribution in [3.8, 4) is 11.3 Å². The number of aryl methyl sites for hydroxylation is 1. The van der Waals surface area contributed by atoms with Gasteiger partial charge in [-0.25, -0.2) is 17.8 Å². The molecule has 1 aliphatic rings. The van der Waals surface area contributed by atoms with Crippen molar-refractivity contribution in [1.29, 1.82) is 0 Å². The number of carbonyl (C=O) groups is 1. The van der Waals surface area contributed by atoms with E-state index in [4.69, 9.17) is 0 Å². The Morgan fingerprint density at radius 2 is 1.88 bits per heavy atom. The van der Waals surface area contributed by atoms with Crippen LogP contribution in [0.4, 0.5) is 5.69 Å². The molecule has 0 aliphatic carbocycles. The first-order valence-electron chi connectivity index (χ1n) is 10.4. The smallest absolute Gasteiger partial charge is 0.266 e. The predicted molar refractivity (Wildman–Crippen MR) is 122 cm³/mol. The highest BCUT2D eigenvalue weighted by Gasteiger charge is 2.23. The second kappa shape index (κ2) is 9.05. The second-order valence-electron chi connectivity index (χ2n) is 7.61. The van der Waals surface area contributed by atoms with Crippen molar-refractivity contribution in [2.45, 2.75) is 31.2 Å². The average molecular weight is 453 g/mol. The van der Waals surface area contributed by atoms with Crippen LogP contribution in [0.5, 0.6) is 0 Å². The van der Waals surface area contributed by atoms with Crippen molar-refractivity contribution in [3.05, 3.63) is 76.6 Å². The molecule has 8 nitrogen and oxygen atoms in total. The van der Waals surface area contributed by atoms with Crippen molar-refractivity contribution in [2.24, 2.45) is 0 Å². The fourth-order valence-corrected chi connectivity index (χ4v) is 4.88. The van der Waals surface area contributed by atoms with Crippen LogP contribution in [0.1, 0.15) is 18.9 Å². The van der Waals surface area contributed by atoms with Crippen molar-refractivity contribution in [3.63, 3.8) is 0 Å². The average Bonchev–Trinajstić information content (AvgIpc) is 2.80. The first kappa shape index (κ1) is 21.9. The van der Waals surface area contributed by atoms with E-state index in [1.165, 1.54) is 23.7 Å². The second-order valence-corrected chi connectivity index (χ2v) is 9.38. The summed E-state index contributed by atoms with van der Waals surface area (Å²) in [6, 6.07) is 17.3. The molecule has 1 aromatic heterocycles. The molecule has 0 radical (unpaired) electrons. The molecule has 166 valence electrons. The number of nitrogens with one attached hydrogen (secondary N) is 1. The van der Waals surface area contributed by atoms with Crippen molar-refractivity contribution in [1.82, 2.24) is 14.5 Å². The minimum Gasteiger partial charge on any atom is -0.312 e. The van der Waals surface area contributed by atoms with Gasteiger partial charge in [-0.2, -0.15) is 5.10 Å². The van der Waals surface area contributed by atoms with Crippen LogP contribution in [0.15, 0.2) is 70.4 Å². The van der Waals surface area contributed by atoms with E-state index in [2.05, 4.69) is 9.82 Å². The van der Waals surface area contributed by atoms with Gasteiger partial charge in [0.2, 0.25) is 15.9 Å². The minimum atomic E-state index is -3.77. The van der Waals surface area contributed by atoms with Crippen molar-refractivity contribution >= 4 is 21.6 Å². The van der Waals surface area contributed by atoms with Gasteiger partial charge in [-0.15, -0.1) is 0 Å². The number of hydrogen-bond donors (Lipinski definition) is 1. The van der Waals surface area contributed by atoms with E-state index >= 15 is 0 Å². The summed E-state index contributed by atoms with van der Waals surface area (Å²) in [6.45, 7) is 2.26. The third-order valence-corrected chi connectivity index (χ3v) is 6.87. The van der Waals surface area contributed by atoms with Crippen LogP contribution in [0.3, 0.4) is 0 Å². The highest BCUT2D eigenvalue weighted by Crippen LogP contribution is 2.29. The quantitative estimate of drug-likeness (QED) is 0.618. The lowest BCUT2D eigenvalue weighted by atomic mass is 10.0. The lowest BCUT2D eigenvalue weighted by Gasteiger charge is -2.28. The van der Waals surface area contributed by atoms with E-state index in [1.54, 1.807) is 23.1 Å². The molecule has 0 saturated heterocycles. The SMILES string of the molecule is CC(=O)N1CCCc2cc(S(=O)(=O)NCCn3nc(-c4ccccc4)ccc3=O)ccc21. The summed E-state index contributed by atoms with van der Waals surface area (Å²) in [7, 11) is -3.77. The van der Waals surface area contributed by atoms with Crippen molar-refractivity contribution in [2.75, 3.05) is 18.0 Å². The van der Waals surface area contributed by atoms with Crippen LogP contribution in [0, 0.1) is 0 Å². The summed E-state index contributed by atoms with van der Waals surface area (Å²) >= 11 is 0. The number of carbonyl (C=O) groups excluding carboxylic acids is 1. The minimum absolute atomic E-state index is 0.0180. The summed E-state index contributed by atoms with van der Waals surface area (Å²) in [5.41, 5.74) is 2.80. The van der Waals surface area contributed by atoms with Crippen LogP contribution in [-0.2, 0) is 27.8 Å². The van der Waals surface area contributed by atoms with Crippen LogP contribution in [0.2, 0.25) is 0 Å². The molecular weight excluding hydrogens is 428 g/mol. The summed E-state index contributed by atoms with van der Waals surface area (Å²) in [6.07, 6.45) is 1.50. The Morgan fingerprint density at radius 3 is 2.62 bits per heavy atom. The van der Waals surface area contributed by atoms with Gasteiger partial charge in [-0.1, -0.05) is 30.3 Å². The molecule has 1 amide bonds. The summed E-state index contributed by atoms with van der Waals surface area (Å²) in [4.78, 5) is 25.8. The predicted octanol–water partition coefficient (Wildman–Crippen LogP) is 2.19. The standard InChI is InChI=1S/C23H24N4O4S/c1-17(28)26-14-5-8-19-16-20(9-11-22(19)26)32(30,31)24-13-15-27-23(29)12-10-21(25-27)18-6-3-2-4-7-18/h2-4,6-7,9-12,16,24H,5,8,13-15H2,1H3. The molecule has 4 rings (SSSR count). The largest absolute Gasteiger partial charge is 0.312 e. The molecule has 0 bridgehead atoms. The highest BCUT2D eigenvalue weighted by molar-refractivity contribution is 7.89. The molecule has 9 heteroatoms. The Labute approximate surface area is 186 Å². The topological polar surface area (TPSA) is 101 Å². The number of fused-ring (bicyclic) bond motifs is 1. The Morgan fingerprint density at radius 1 is 1.09 bits per heavy atom. The van der Waals surface area contributed by atoms with E-state index in [0.717, 1.165) is 23.2 Å². The molecule has 32 heavy (non-hydrogen) atoms. The van der Waals surface area contributed by atoms with Crippen LogP contribution < -0.4 is 15.2 Å². The van der Waals surface area contributed by atoms with Gasteiger partial charge < -0.3 is 4.90 Å². The van der Waals surface area contributed by atoms with E-state index in [0.29, 0.717) is 18.7 Å². The van der Waals surface area contributed by atoms with E-state index in [9.17, 15) is 18.0 Å². The van der Waals surface area contributed by atoms with Gasteiger partial charge in [0, 0.05) is 37.3 Å². The molecule has 3 aromatic rings. The van der Waals surface area contributed by atoms with Gasteiger partial charge >= 0.3 is 0 Å². The molecule has 0 atom stereocenters. The highest BCUT2D eigenvalue weighted by atomic mass is 32.2. The maximum atomic E-state index is 12.8. The first-order chi connectivity index (χ1) is 15.3. The fourth-order valence-electron chi connectivity index (χ4n) is 3.81. The Bertz CT molecular complexity index is 1300. The molecule has 2 aromatic carbocycles. The monoisotopic (exact) mass is 452 g/mol. The third-order valence-electron chi connectivity index (χ3n) is 5.41. The number of amides is 1. The summed E-state index contributed by atoms with van der Waals surface area (Å²) < 4.78 is 29.4. The van der Waals surface area contributed by atoms with Gasteiger partial charge in [0.25, 0.3) is 5.56 Å². The molecule has 0 unspecified atom stereocenters. The Kier molecular flexibility index (Phi) is 6.20. The van der Waals surface area contributed by atoms with E-state index in [1.807, 2.05) is 30.3 Å². The third kappa shape index (κ3) is 4.63. The number of benzene rings is 2. The van der Waals surface area contributed by atoms with Gasteiger partial charge in [0.15, 0.2) is 0 Å². The van der Waals surface area contributed by atoms with Crippen molar-refractivity contribution < 1.29 is 13.2 Å². The number of rotatable bonds is 6. The van der Waals surface area contributed by atoms with Crippen LogP contribution >= 0.6 is 0 Å². The van der Waals surface area contributed by atoms with Gasteiger partial charge in [0.1, 0.15) is 0 Å². The zero-order valence-corrected chi connectivity index (χ0v) is 18.5. The molecule has 0 fully saturated rings. The normalized spacial score (nSPS) is 13.6. The lowest BCUT2D eigenvalue weighted by Crippen LogP contribution is -2.34. The molecule has 1 aliphatic heterocycles. The Balaban J connectivity index is 1.48. The zero-order chi connectivity index (χ0) is 22.7. The molecular formula is C23H24N4O4S. The van der Waals surface area contributed by atoms with Gasteiger partial charge in [-0.3, -0.25) is 9.59 Å². The maximum absolute atomic E-state index is 12.8. The van der Waals surface area contributed by atoms with Gasteiger partial charge in [-0.05, 0) is 42.7 Å². The number of anilines is 1. The zero-order valence-electron chi connectivity index (χ0n) is 17.7. The van der Waals surface area contributed by atoms with E-state index in [-0.39, 0.29) is 29.5 Å². The van der Waals surface area contributed by atoms with Crippen LogP contribution in [-0.4, -0.2) is 37.2 Å². The molecule has 0 saturated carbocycles. The van der Waals surface area contributed by atoms with E-state index < -0.39 is 10.0 Å². The van der Waals surface area contributed by atoms with Gasteiger partial charge in [0.05, 0.1) is 17.1 Å². The summed E-state index contributed by atoms with van der Waals surface area (Å²) in [5, 5.41) is 4.35. The number of sulfonamides is 1. The number of nitrogens with zero attached hydrogens (tertiary/aromatic N) is 3. The lowest BCUT2D eigenvalue weighted by molar-refractivity contribution is -0.116. The van der Waals surface area contributed by atoms with Crippen LogP contribution in [0.25, 0.3) is 11.3 Å². The molecule has 0 spiro atoms. The maximum Gasteiger partial charge on any atom is 0.266 e. The number of aromatic nitrogens is 2. The summed E-state index contributed by atoms with van der Waals surface area (Å²) in [5.74, 6) is -0.0599. The molecule has 1 N–H and O–H groups in total. The number of hydrogen-bond acceptors (Lipinski definition) is 5. The fraction of sp³-hybridized carbons (Fsp3) is 0.261. The first-order valence-corrected chi connectivity index (χ1v) is 11.9.